The molecule has 2 aliphatic rings. The first-order chi connectivity index (χ1) is 16.9. The fourth-order valence-electron chi connectivity index (χ4n) is 5.55. The van der Waals surface area contributed by atoms with Gasteiger partial charge in [0.15, 0.2) is 0 Å². The molecule has 0 saturated heterocycles. The van der Waals surface area contributed by atoms with E-state index >= 15 is 0 Å². The summed E-state index contributed by atoms with van der Waals surface area (Å²) in [5.74, 6) is 5.07. The maximum atomic E-state index is 11.2. The Morgan fingerprint density at radius 2 is 1.69 bits per heavy atom. The van der Waals surface area contributed by atoms with Crippen LogP contribution in [0.1, 0.15) is 105 Å². The topological polar surface area (TPSA) is 60.8 Å². The molecule has 0 fully saturated rings. The van der Waals surface area contributed by atoms with Crippen LogP contribution in [-0.2, 0) is 10.8 Å². The van der Waals surface area contributed by atoms with E-state index in [-0.39, 0.29) is 16.4 Å². The van der Waals surface area contributed by atoms with Gasteiger partial charge in [0.05, 0.1) is 5.56 Å². The van der Waals surface area contributed by atoms with Gasteiger partial charge in [-0.1, -0.05) is 51.7 Å². The Hall–Kier alpha value is -2.87. The van der Waals surface area contributed by atoms with Crippen molar-refractivity contribution in [2.75, 3.05) is 13.1 Å². The third-order valence-corrected chi connectivity index (χ3v) is 8.06. The molecule has 1 heterocycles. The maximum absolute atomic E-state index is 11.2. The third-order valence-electron chi connectivity index (χ3n) is 8.06. The number of carboxylic acid groups (broad SMARTS) is 1. The van der Waals surface area contributed by atoms with E-state index in [1.807, 2.05) is 0 Å². The van der Waals surface area contributed by atoms with Crippen LogP contribution in [-0.4, -0.2) is 40.2 Å². The van der Waals surface area contributed by atoms with Crippen molar-refractivity contribution in [3.8, 4) is 11.8 Å². The molecule has 0 amide bonds. The van der Waals surface area contributed by atoms with Crippen LogP contribution in [0.25, 0.3) is 5.57 Å². The van der Waals surface area contributed by atoms with Gasteiger partial charge in [-0.25, -0.2) is 4.79 Å². The lowest BCUT2D eigenvalue weighted by Crippen LogP contribution is -2.37. The quantitative estimate of drug-likeness (QED) is 0.498. The predicted octanol–water partition coefficient (Wildman–Crippen LogP) is 6.32. The lowest BCUT2D eigenvalue weighted by atomic mass is 9.61. The Labute approximate surface area is 216 Å². The number of aliphatic hydroxyl groups excluding tert-OH is 1. The van der Waals surface area contributed by atoms with Crippen LogP contribution in [0, 0.1) is 11.8 Å². The molecule has 1 aliphatic heterocycles. The first-order valence-corrected chi connectivity index (χ1v) is 13.0. The Morgan fingerprint density at radius 1 is 1.03 bits per heavy atom. The van der Waals surface area contributed by atoms with Crippen LogP contribution in [0.4, 0.5) is 0 Å². The van der Waals surface area contributed by atoms with Gasteiger partial charge < -0.3 is 10.2 Å². The van der Waals surface area contributed by atoms with E-state index < -0.39 is 12.1 Å². The van der Waals surface area contributed by atoms with Crippen molar-refractivity contribution < 1.29 is 15.0 Å². The summed E-state index contributed by atoms with van der Waals surface area (Å²) in [7, 11) is 0. The van der Waals surface area contributed by atoms with Crippen LogP contribution in [0.3, 0.4) is 0 Å². The number of hydrogen-bond acceptors (Lipinski definition) is 3. The van der Waals surface area contributed by atoms with Crippen molar-refractivity contribution in [1.82, 2.24) is 4.90 Å². The highest BCUT2D eigenvalue weighted by Gasteiger charge is 2.40. The zero-order valence-electron chi connectivity index (χ0n) is 22.5. The maximum Gasteiger partial charge on any atom is 0.335 e. The van der Waals surface area contributed by atoms with Gasteiger partial charge in [0.25, 0.3) is 0 Å². The number of aromatic carboxylic acids is 1. The molecule has 0 bridgehead atoms. The lowest BCUT2D eigenvalue weighted by Gasteiger charge is -2.44. The summed E-state index contributed by atoms with van der Waals surface area (Å²) in [4.78, 5) is 13.6. The van der Waals surface area contributed by atoms with Crippen molar-refractivity contribution in [2.45, 2.75) is 83.8 Å². The second-order valence-corrected chi connectivity index (χ2v) is 11.9. The van der Waals surface area contributed by atoms with E-state index in [9.17, 15) is 9.90 Å². The van der Waals surface area contributed by atoms with Gasteiger partial charge in [0.1, 0.15) is 6.10 Å². The van der Waals surface area contributed by atoms with Crippen LogP contribution in [0.5, 0.6) is 0 Å². The van der Waals surface area contributed by atoms with Crippen LogP contribution < -0.4 is 0 Å². The number of aliphatic hydroxyl groups is 1. The fraction of sp³-hybridized carbons (Fsp3) is 0.469. The molecule has 0 spiro atoms. The Bertz CT molecular complexity index is 1240. The Kier molecular flexibility index (Phi) is 7.19. The summed E-state index contributed by atoms with van der Waals surface area (Å²) < 4.78 is 0. The van der Waals surface area contributed by atoms with Gasteiger partial charge in [-0.05, 0) is 102 Å². The Balaban J connectivity index is 1.77. The predicted molar refractivity (Wildman–Crippen MR) is 146 cm³/mol. The van der Waals surface area contributed by atoms with Crippen molar-refractivity contribution in [3.63, 3.8) is 0 Å². The highest BCUT2D eigenvalue weighted by molar-refractivity contribution is 5.87. The van der Waals surface area contributed by atoms with Gasteiger partial charge in [0.2, 0.25) is 0 Å². The summed E-state index contributed by atoms with van der Waals surface area (Å²) in [5, 5.41) is 20.3. The van der Waals surface area contributed by atoms with Crippen molar-refractivity contribution >= 4 is 11.5 Å². The zero-order valence-corrected chi connectivity index (χ0v) is 22.5. The number of rotatable bonds is 4. The highest BCUT2D eigenvalue weighted by Crippen LogP contribution is 2.49. The molecule has 1 atom stereocenters. The van der Waals surface area contributed by atoms with Gasteiger partial charge in [-0.3, -0.25) is 4.90 Å². The van der Waals surface area contributed by atoms with E-state index in [2.05, 4.69) is 76.5 Å². The molecule has 190 valence electrons. The minimum Gasteiger partial charge on any atom is -0.478 e. The van der Waals surface area contributed by atoms with Crippen LogP contribution in [0.2, 0.25) is 0 Å². The van der Waals surface area contributed by atoms with Gasteiger partial charge >= 0.3 is 5.97 Å². The van der Waals surface area contributed by atoms with Crippen molar-refractivity contribution in [2.24, 2.45) is 0 Å². The molecule has 1 unspecified atom stereocenters. The molecule has 36 heavy (non-hydrogen) atoms. The lowest BCUT2D eigenvalue weighted by molar-refractivity contribution is 0.0697. The number of benzene rings is 2. The van der Waals surface area contributed by atoms with Crippen LogP contribution >= 0.6 is 0 Å². The number of hydrogen-bond donors (Lipinski definition) is 2. The number of carboxylic acids is 1. The molecule has 1 aliphatic carbocycles. The minimum absolute atomic E-state index is 0.0224. The van der Waals surface area contributed by atoms with E-state index in [0.717, 1.165) is 37.9 Å². The summed E-state index contributed by atoms with van der Waals surface area (Å²) in [6.45, 7) is 15.8. The molecule has 2 N–H and O–H groups in total. The molecule has 0 radical (unpaired) electrons. The van der Waals surface area contributed by atoms with Gasteiger partial charge in [-0.15, -0.1) is 0 Å². The molecular formula is C32H39NO3. The normalized spacial score (nSPS) is 19.6. The largest absolute Gasteiger partial charge is 0.478 e. The molecule has 2 aromatic carbocycles. The average Bonchev–Trinajstić information content (AvgIpc) is 2.85. The smallest absolute Gasteiger partial charge is 0.335 e. The average molecular weight is 486 g/mol. The van der Waals surface area contributed by atoms with Gasteiger partial charge in [-0.2, -0.15) is 0 Å². The molecule has 4 rings (SSSR count). The number of carbonyl (C=O) groups is 1. The summed E-state index contributed by atoms with van der Waals surface area (Å²) in [6.07, 6.45) is 4.70. The second-order valence-electron chi connectivity index (χ2n) is 11.9. The highest BCUT2D eigenvalue weighted by atomic mass is 16.4. The summed E-state index contributed by atoms with van der Waals surface area (Å²) >= 11 is 0. The third kappa shape index (κ3) is 5.28. The molecule has 0 saturated carbocycles. The standard InChI is InChI=1S/C32H39NO3/c1-21(2)33-17-13-23(14-18-33)26-19-25(20-27-29(26)32(5,6)16-15-31(27,3)4)28(34)12-9-22-7-10-24(11-8-22)30(35)36/h7-8,10-11,13,19-21,28,34H,14-18H2,1-6H3,(H,35,36). The Morgan fingerprint density at radius 3 is 2.28 bits per heavy atom. The van der Waals surface area contributed by atoms with Crippen LogP contribution in [0.15, 0.2) is 42.5 Å². The molecule has 4 nitrogen and oxygen atoms in total. The first kappa shape index (κ1) is 26.2. The van der Waals surface area contributed by atoms with Crippen molar-refractivity contribution in [1.29, 1.82) is 0 Å². The fourth-order valence-corrected chi connectivity index (χ4v) is 5.55. The molecule has 4 heteroatoms. The minimum atomic E-state index is -0.963. The van der Waals surface area contributed by atoms with E-state index in [4.69, 9.17) is 5.11 Å². The first-order valence-electron chi connectivity index (χ1n) is 13.0. The molecule has 2 aromatic rings. The number of fused-ring (bicyclic) bond motifs is 1. The zero-order chi connectivity index (χ0) is 26.3. The van der Waals surface area contributed by atoms with E-state index in [1.165, 1.54) is 34.4 Å². The second kappa shape index (κ2) is 9.88. The van der Waals surface area contributed by atoms with Gasteiger partial charge in [0, 0.05) is 24.7 Å². The molecule has 0 aromatic heterocycles. The van der Waals surface area contributed by atoms with E-state index in [1.54, 1.807) is 12.1 Å². The monoisotopic (exact) mass is 485 g/mol. The SMILES string of the molecule is CC(C)N1CC=C(c2cc(C(O)C#Cc3ccc(C(=O)O)cc3)cc3c2C(C)(C)CCC3(C)C)CC1. The van der Waals surface area contributed by atoms with Crippen molar-refractivity contribution in [3.05, 3.63) is 75.9 Å². The van der Waals surface area contributed by atoms with E-state index in [0.29, 0.717) is 11.6 Å². The summed E-state index contributed by atoms with van der Waals surface area (Å²) in [6, 6.07) is 11.3. The number of nitrogens with zero attached hydrogens (tertiary/aromatic N) is 1. The summed E-state index contributed by atoms with van der Waals surface area (Å²) in [5.41, 5.74) is 7.23. The molecular weight excluding hydrogens is 446 g/mol.